The normalized spacial score (nSPS) is 13.2. The van der Waals surface area contributed by atoms with Crippen molar-refractivity contribution in [3.8, 4) is 0 Å². The van der Waals surface area contributed by atoms with Gasteiger partial charge in [0, 0.05) is 17.8 Å². The van der Waals surface area contributed by atoms with Gasteiger partial charge in [-0.25, -0.2) is 0 Å². The molecule has 19 heavy (non-hydrogen) atoms. The lowest BCUT2D eigenvalue weighted by Gasteiger charge is -2.22. The molecule has 0 aliphatic rings. The van der Waals surface area contributed by atoms with E-state index in [1.165, 1.54) is 6.92 Å². The fourth-order valence-corrected chi connectivity index (χ4v) is 1.86. The van der Waals surface area contributed by atoms with Crippen LogP contribution in [0.2, 0.25) is 0 Å². The maximum atomic E-state index is 11.6. The Kier molecular flexibility index (Phi) is 5.39. The molecule has 1 aromatic carbocycles. The molecule has 1 unspecified atom stereocenters. The summed E-state index contributed by atoms with van der Waals surface area (Å²) in [7, 11) is 0. The van der Waals surface area contributed by atoms with E-state index < -0.39 is 6.10 Å². The molecule has 0 fully saturated rings. The number of ketones is 1. The second kappa shape index (κ2) is 6.40. The standard InChI is InChI=1S/C15H22ClNO2/c1-10(18)13-6-5-11(15(2,3)4)7-14(13)17-9-12(19)8-16/h5-7,12,17,19H,8-9H2,1-4H3. The summed E-state index contributed by atoms with van der Waals surface area (Å²) in [6.07, 6.45) is -0.625. The van der Waals surface area contributed by atoms with Crippen LogP contribution in [0.4, 0.5) is 5.69 Å². The Morgan fingerprint density at radius 1 is 1.42 bits per heavy atom. The topological polar surface area (TPSA) is 49.3 Å². The van der Waals surface area contributed by atoms with E-state index in [4.69, 9.17) is 11.6 Å². The Bertz CT molecular complexity index is 452. The number of aliphatic hydroxyl groups is 1. The largest absolute Gasteiger partial charge is 0.390 e. The summed E-state index contributed by atoms with van der Waals surface area (Å²) in [6, 6.07) is 5.77. The molecule has 1 atom stereocenters. The Hall–Kier alpha value is -1.06. The van der Waals surface area contributed by atoms with E-state index in [9.17, 15) is 9.90 Å². The van der Waals surface area contributed by atoms with Crippen molar-refractivity contribution in [2.24, 2.45) is 0 Å². The molecule has 2 N–H and O–H groups in total. The number of carbonyl (C=O) groups is 1. The summed E-state index contributed by atoms with van der Waals surface area (Å²) in [5.74, 6) is 0.171. The Morgan fingerprint density at radius 2 is 2.05 bits per heavy atom. The first kappa shape index (κ1) is 16.0. The SMILES string of the molecule is CC(=O)c1ccc(C(C)(C)C)cc1NCC(O)CCl. The van der Waals surface area contributed by atoms with E-state index >= 15 is 0 Å². The van der Waals surface area contributed by atoms with E-state index in [0.717, 1.165) is 11.3 Å². The van der Waals surface area contributed by atoms with E-state index in [2.05, 4.69) is 26.1 Å². The van der Waals surface area contributed by atoms with E-state index in [0.29, 0.717) is 12.1 Å². The lowest BCUT2D eigenvalue weighted by molar-refractivity contribution is 0.101. The zero-order valence-electron chi connectivity index (χ0n) is 12.0. The van der Waals surface area contributed by atoms with Gasteiger partial charge in [-0.15, -0.1) is 11.6 Å². The van der Waals surface area contributed by atoms with Gasteiger partial charge in [-0.05, 0) is 30.0 Å². The number of benzene rings is 1. The van der Waals surface area contributed by atoms with Crippen molar-refractivity contribution in [3.05, 3.63) is 29.3 Å². The molecule has 0 bridgehead atoms. The van der Waals surface area contributed by atoms with Crippen molar-refractivity contribution < 1.29 is 9.90 Å². The summed E-state index contributed by atoms with van der Waals surface area (Å²) in [5, 5.41) is 12.6. The van der Waals surface area contributed by atoms with Crippen LogP contribution in [-0.4, -0.2) is 29.4 Å². The summed E-state index contributed by atoms with van der Waals surface area (Å²) >= 11 is 5.57. The van der Waals surface area contributed by atoms with Crippen LogP contribution in [-0.2, 0) is 5.41 Å². The van der Waals surface area contributed by atoms with Gasteiger partial charge >= 0.3 is 0 Å². The number of Topliss-reactive ketones (excluding diaryl/α,β-unsaturated/α-hetero) is 1. The molecule has 0 heterocycles. The molecule has 106 valence electrons. The van der Waals surface area contributed by atoms with Crippen molar-refractivity contribution >= 4 is 23.1 Å². The van der Waals surface area contributed by atoms with Gasteiger partial charge in [0.2, 0.25) is 0 Å². The molecule has 0 aliphatic carbocycles. The van der Waals surface area contributed by atoms with Gasteiger partial charge in [-0.1, -0.05) is 26.8 Å². The third-order valence-electron chi connectivity index (χ3n) is 2.97. The van der Waals surface area contributed by atoms with Crippen LogP contribution in [0.25, 0.3) is 0 Å². The van der Waals surface area contributed by atoms with Gasteiger partial charge in [0.1, 0.15) is 0 Å². The molecule has 0 aromatic heterocycles. The third kappa shape index (κ3) is 4.51. The molecule has 3 nitrogen and oxygen atoms in total. The van der Waals surface area contributed by atoms with Crippen LogP contribution in [0, 0.1) is 0 Å². The van der Waals surface area contributed by atoms with Gasteiger partial charge in [0.15, 0.2) is 5.78 Å². The number of hydrogen-bond acceptors (Lipinski definition) is 3. The number of halogens is 1. The molecule has 0 saturated heterocycles. The molecule has 1 rings (SSSR count). The molecule has 0 amide bonds. The highest BCUT2D eigenvalue weighted by atomic mass is 35.5. The van der Waals surface area contributed by atoms with Gasteiger partial charge in [0.25, 0.3) is 0 Å². The van der Waals surface area contributed by atoms with Crippen molar-refractivity contribution in [2.45, 2.75) is 39.2 Å². The summed E-state index contributed by atoms with van der Waals surface area (Å²) in [6.45, 7) is 8.22. The first-order valence-corrected chi connectivity index (χ1v) is 6.92. The second-order valence-corrected chi connectivity index (χ2v) is 6.06. The Balaban J connectivity index is 3.06. The molecular weight excluding hydrogens is 262 g/mol. The van der Waals surface area contributed by atoms with Crippen LogP contribution >= 0.6 is 11.6 Å². The Morgan fingerprint density at radius 3 is 2.53 bits per heavy atom. The van der Waals surface area contributed by atoms with Crippen molar-refractivity contribution in [2.75, 3.05) is 17.7 Å². The van der Waals surface area contributed by atoms with E-state index in [1.54, 1.807) is 0 Å². The minimum Gasteiger partial charge on any atom is -0.390 e. The molecule has 0 spiro atoms. The van der Waals surface area contributed by atoms with Crippen molar-refractivity contribution in [1.29, 1.82) is 0 Å². The monoisotopic (exact) mass is 283 g/mol. The van der Waals surface area contributed by atoms with Gasteiger partial charge < -0.3 is 10.4 Å². The lowest BCUT2D eigenvalue weighted by atomic mass is 9.86. The zero-order valence-corrected chi connectivity index (χ0v) is 12.7. The maximum absolute atomic E-state index is 11.6. The predicted molar refractivity (Wildman–Crippen MR) is 80.4 cm³/mol. The molecule has 0 aliphatic heterocycles. The molecule has 0 radical (unpaired) electrons. The van der Waals surface area contributed by atoms with Gasteiger partial charge in [0.05, 0.1) is 12.0 Å². The molecule has 0 saturated carbocycles. The highest BCUT2D eigenvalue weighted by Gasteiger charge is 2.17. The fourth-order valence-electron chi connectivity index (χ4n) is 1.75. The fraction of sp³-hybridized carbons (Fsp3) is 0.533. The average Bonchev–Trinajstić information content (AvgIpc) is 2.34. The van der Waals surface area contributed by atoms with Crippen LogP contribution in [0.15, 0.2) is 18.2 Å². The van der Waals surface area contributed by atoms with Crippen LogP contribution < -0.4 is 5.32 Å². The van der Waals surface area contributed by atoms with Crippen LogP contribution in [0.5, 0.6) is 0 Å². The minimum absolute atomic E-state index is 0.00308. The average molecular weight is 284 g/mol. The molecular formula is C15H22ClNO2. The maximum Gasteiger partial charge on any atom is 0.161 e. The number of rotatable bonds is 5. The summed E-state index contributed by atoms with van der Waals surface area (Å²) < 4.78 is 0. The van der Waals surface area contributed by atoms with Gasteiger partial charge in [-0.3, -0.25) is 4.79 Å². The first-order chi connectivity index (χ1) is 8.75. The lowest BCUT2D eigenvalue weighted by Crippen LogP contribution is -2.22. The van der Waals surface area contributed by atoms with E-state index in [1.807, 2.05) is 18.2 Å². The zero-order chi connectivity index (χ0) is 14.6. The Labute approximate surface area is 120 Å². The number of nitrogens with one attached hydrogen (secondary N) is 1. The van der Waals surface area contributed by atoms with Crippen molar-refractivity contribution in [1.82, 2.24) is 0 Å². The smallest absolute Gasteiger partial charge is 0.161 e. The summed E-state index contributed by atoms with van der Waals surface area (Å²) in [4.78, 5) is 11.6. The number of hydrogen-bond donors (Lipinski definition) is 2. The summed E-state index contributed by atoms with van der Waals surface area (Å²) in [5.41, 5.74) is 2.54. The number of anilines is 1. The van der Waals surface area contributed by atoms with Gasteiger partial charge in [-0.2, -0.15) is 0 Å². The predicted octanol–water partition coefficient (Wildman–Crippen LogP) is 3.20. The number of alkyl halides is 1. The quantitative estimate of drug-likeness (QED) is 0.644. The number of carbonyl (C=O) groups excluding carboxylic acids is 1. The van der Waals surface area contributed by atoms with Crippen LogP contribution in [0.1, 0.15) is 43.6 Å². The second-order valence-electron chi connectivity index (χ2n) is 5.76. The van der Waals surface area contributed by atoms with E-state index in [-0.39, 0.29) is 17.1 Å². The third-order valence-corrected chi connectivity index (χ3v) is 3.33. The van der Waals surface area contributed by atoms with Crippen LogP contribution in [0.3, 0.4) is 0 Å². The first-order valence-electron chi connectivity index (χ1n) is 6.39. The van der Waals surface area contributed by atoms with Crippen molar-refractivity contribution in [3.63, 3.8) is 0 Å². The minimum atomic E-state index is -0.625. The highest BCUT2D eigenvalue weighted by Crippen LogP contribution is 2.27. The molecule has 4 heteroatoms. The highest BCUT2D eigenvalue weighted by molar-refractivity contribution is 6.18. The number of aliphatic hydroxyl groups excluding tert-OH is 1. The molecule has 1 aromatic rings.